The first-order valence-corrected chi connectivity index (χ1v) is 8.60. The Morgan fingerprint density at radius 1 is 0.871 bits per heavy atom. The van der Waals surface area contributed by atoms with Crippen LogP contribution in [0.15, 0.2) is 54.6 Å². The number of hydrogen-bond donors (Lipinski definition) is 1. The van der Waals surface area contributed by atoms with Gasteiger partial charge in [0, 0.05) is 11.6 Å². The maximum atomic E-state index is 13.6. The van der Waals surface area contributed by atoms with Crippen LogP contribution in [0.5, 0.6) is 5.75 Å². The van der Waals surface area contributed by atoms with Crippen molar-refractivity contribution >= 4 is 11.6 Å². The number of halogens is 7. The number of carbonyl (C=O) groups is 1. The van der Waals surface area contributed by atoms with Crippen molar-refractivity contribution in [3.8, 4) is 5.75 Å². The molecule has 3 aromatic rings. The Morgan fingerprint density at radius 3 is 2.03 bits per heavy atom. The minimum absolute atomic E-state index is 0.00473. The lowest BCUT2D eigenvalue weighted by Crippen LogP contribution is -2.16. The summed E-state index contributed by atoms with van der Waals surface area (Å²) in [5, 5.41) is 2.17. The molecule has 0 heterocycles. The smallest absolute Gasteiger partial charge is 0.418 e. The van der Waals surface area contributed by atoms with E-state index in [9.17, 15) is 35.5 Å². The first-order chi connectivity index (χ1) is 14.6. The van der Waals surface area contributed by atoms with E-state index in [0.29, 0.717) is 0 Å². The molecule has 0 aromatic heterocycles. The number of anilines is 1. The van der Waals surface area contributed by atoms with Gasteiger partial charge in [-0.3, -0.25) is 4.79 Å². The Bertz CT molecular complexity index is 1090. The quantitative estimate of drug-likeness (QED) is 0.383. The highest BCUT2D eigenvalue weighted by Gasteiger charge is 2.33. The molecule has 162 valence electrons. The van der Waals surface area contributed by atoms with Crippen LogP contribution in [0.1, 0.15) is 21.5 Å². The van der Waals surface area contributed by atoms with E-state index in [2.05, 4.69) is 5.32 Å². The molecule has 0 aliphatic rings. The van der Waals surface area contributed by atoms with Crippen LogP contribution in [0.4, 0.5) is 36.4 Å². The zero-order chi connectivity index (χ0) is 22.8. The minimum atomic E-state index is -4.66. The lowest BCUT2D eigenvalue weighted by atomic mass is 10.1. The Hall–Kier alpha value is -3.56. The summed E-state index contributed by atoms with van der Waals surface area (Å²) >= 11 is 0. The molecular weight excluding hydrogens is 431 g/mol. The minimum Gasteiger partial charge on any atom is -0.483 e. The van der Waals surface area contributed by atoms with Crippen LogP contribution in [0.25, 0.3) is 0 Å². The highest BCUT2D eigenvalue weighted by Crippen LogP contribution is 2.34. The second-order valence-electron chi connectivity index (χ2n) is 6.28. The monoisotopic (exact) mass is 443 g/mol. The molecule has 3 aromatic carbocycles. The molecule has 0 saturated heterocycles. The van der Waals surface area contributed by atoms with Gasteiger partial charge in [0.25, 0.3) is 5.91 Å². The van der Waals surface area contributed by atoms with Gasteiger partial charge in [-0.25, -0.2) is 8.78 Å². The Kier molecular flexibility index (Phi) is 6.19. The number of nitrogens with one attached hydrogen (secondary N) is 1. The summed E-state index contributed by atoms with van der Waals surface area (Å²) < 4.78 is 97.5. The van der Waals surface area contributed by atoms with Crippen LogP contribution < -0.4 is 10.1 Å². The molecule has 0 bridgehead atoms. The second kappa shape index (κ2) is 8.66. The summed E-state index contributed by atoms with van der Waals surface area (Å²) in [4.78, 5) is 12.3. The summed E-state index contributed by atoms with van der Waals surface area (Å²) in [5.74, 6) is -8.70. The zero-order valence-electron chi connectivity index (χ0n) is 15.4. The van der Waals surface area contributed by atoms with Crippen molar-refractivity contribution in [2.45, 2.75) is 12.8 Å². The number of amides is 1. The highest BCUT2D eigenvalue weighted by molar-refractivity contribution is 6.04. The van der Waals surface area contributed by atoms with Crippen LogP contribution in [-0.2, 0) is 12.8 Å². The Labute approximate surface area is 171 Å². The number of alkyl halides is 3. The maximum Gasteiger partial charge on any atom is 0.418 e. The first-order valence-electron chi connectivity index (χ1n) is 8.60. The van der Waals surface area contributed by atoms with Gasteiger partial charge in [0.2, 0.25) is 11.6 Å². The molecule has 3 rings (SSSR count). The third-order valence-corrected chi connectivity index (χ3v) is 4.15. The number of hydrogen-bond acceptors (Lipinski definition) is 2. The van der Waals surface area contributed by atoms with Crippen molar-refractivity contribution in [2.75, 3.05) is 5.32 Å². The van der Waals surface area contributed by atoms with Gasteiger partial charge in [0.05, 0.1) is 11.3 Å². The van der Waals surface area contributed by atoms with E-state index in [0.717, 1.165) is 12.1 Å². The van der Waals surface area contributed by atoms with Crippen molar-refractivity contribution in [1.82, 2.24) is 0 Å². The van der Waals surface area contributed by atoms with Crippen LogP contribution in [0, 0.1) is 23.3 Å². The van der Waals surface area contributed by atoms with E-state index in [1.165, 1.54) is 36.4 Å². The van der Waals surface area contributed by atoms with E-state index >= 15 is 0 Å². The van der Waals surface area contributed by atoms with E-state index in [1.54, 1.807) is 0 Å². The van der Waals surface area contributed by atoms with Crippen molar-refractivity contribution in [1.29, 1.82) is 0 Å². The molecule has 1 amide bonds. The van der Waals surface area contributed by atoms with Gasteiger partial charge in [-0.05, 0) is 29.8 Å². The van der Waals surface area contributed by atoms with Crippen molar-refractivity contribution < 1.29 is 40.3 Å². The second-order valence-corrected chi connectivity index (χ2v) is 6.28. The molecule has 0 radical (unpaired) electrons. The lowest BCUT2D eigenvalue weighted by molar-refractivity contribution is -0.136. The van der Waals surface area contributed by atoms with Crippen LogP contribution in [0.3, 0.4) is 0 Å². The van der Waals surface area contributed by atoms with E-state index in [-0.39, 0.29) is 17.2 Å². The molecule has 3 nitrogen and oxygen atoms in total. The van der Waals surface area contributed by atoms with E-state index < -0.39 is 59.0 Å². The van der Waals surface area contributed by atoms with Gasteiger partial charge in [0.1, 0.15) is 6.61 Å². The van der Waals surface area contributed by atoms with Crippen molar-refractivity contribution in [2.24, 2.45) is 0 Å². The van der Waals surface area contributed by atoms with Gasteiger partial charge in [-0.2, -0.15) is 22.0 Å². The molecule has 0 atom stereocenters. The molecule has 1 N–H and O–H groups in total. The van der Waals surface area contributed by atoms with Gasteiger partial charge >= 0.3 is 6.18 Å². The largest absolute Gasteiger partial charge is 0.483 e. The third kappa shape index (κ3) is 4.96. The number of carbonyl (C=O) groups excluding carboxylic acids is 1. The van der Waals surface area contributed by atoms with Gasteiger partial charge in [0.15, 0.2) is 17.4 Å². The lowest BCUT2D eigenvalue weighted by Gasteiger charge is -2.13. The molecule has 0 aliphatic heterocycles. The van der Waals surface area contributed by atoms with Gasteiger partial charge < -0.3 is 10.1 Å². The van der Waals surface area contributed by atoms with Gasteiger partial charge in [-0.15, -0.1) is 0 Å². The Morgan fingerprint density at radius 2 is 1.45 bits per heavy atom. The van der Waals surface area contributed by atoms with E-state index in [1.807, 2.05) is 0 Å². The molecule has 0 fully saturated rings. The SMILES string of the molecule is O=C(Nc1ccccc1C(F)(F)F)c1ccc(COc2c(F)c(F)cc(F)c2F)cc1. The number of benzene rings is 3. The van der Waals surface area contributed by atoms with Crippen molar-refractivity contribution in [3.63, 3.8) is 0 Å². The maximum absolute atomic E-state index is 13.6. The summed E-state index contributed by atoms with van der Waals surface area (Å²) in [5.41, 5.74) is -1.17. The normalized spacial score (nSPS) is 11.3. The van der Waals surface area contributed by atoms with Crippen LogP contribution >= 0.6 is 0 Å². The molecule has 0 spiro atoms. The number of rotatable bonds is 5. The first kappa shape index (κ1) is 22.1. The predicted octanol–water partition coefficient (Wildman–Crippen LogP) is 6.09. The molecular formula is C21H12F7NO2. The third-order valence-electron chi connectivity index (χ3n) is 4.15. The van der Waals surface area contributed by atoms with Crippen LogP contribution in [-0.4, -0.2) is 5.91 Å². The fourth-order valence-electron chi connectivity index (χ4n) is 2.62. The summed E-state index contributed by atoms with van der Waals surface area (Å²) in [6.45, 7) is -0.491. The number of para-hydroxylation sites is 1. The fourth-order valence-corrected chi connectivity index (χ4v) is 2.62. The molecule has 10 heteroatoms. The van der Waals surface area contributed by atoms with E-state index in [4.69, 9.17) is 4.74 Å². The average Bonchev–Trinajstić information content (AvgIpc) is 2.72. The Balaban J connectivity index is 1.71. The van der Waals surface area contributed by atoms with Crippen molar-refractivity contribution in [3.05, 3.63) is 94.6 Å². The fraction of sp³-hybridized carbons (Fsp3) is 0.0952. The number of ether oxygens (including phenoxy) is 1. The summed E-state index contributed by atoms with van der Waals surface area (Å²) in [7, 11) is 0. The standard InChI is InChI=1S/C21H12F7NO2/c22-14-9-15(23)18(25)19(17(14)24)31-10-11-5-7-12(8-6-11)20(30)29-16-4-2-1-3-13(16)21(26,27)28/h1-9H,10H2,(H,29,30). The van der Waals surface area contributed by atoms with Gasteiger partial charge in [-0.1, -0.05) is 24.3 Å². The molecule has 0 unspecified atom stereocenters. The molecule has 0 aliphatic carbocycles. The zero-order valence-corrected chi connectivity index (χ0v) is 15.4. The summed E-state index contributed by atoms with van der Waals surface area (Å²) in [6, 6.07) is 9.57. The average molecular weight is 443 g/mol. The highest BCUT2D eigenvalue weighted by atomic mass is 19.4. The molecule has 31 heavy (non-hydrogen) atoms. The summed E-state index contributed by atoms with van der Waals surface area (Å²) in [6.07, 6.45) is -4.66. The topological polar surface area (TPSA) is 38.3 Å². The predicted molar refractivity (Wildman–Crippen MR) is 96.4 cm³/mol. The molecule has 0 saturated carbocycles. The van der Waals surface area contributed by atoms with Crippen LogP contribution in [0.2, 0.25) is 0 Å².